The zero-order chi connectivity index (χ0) is 25.1. The van der Waals surface area contributed by atoms with Gasteiger partial charge >= 0.3 is 0 Å². The number of benzene rings is 6. The van der Waals surface area contributed by atoms with Crippen molar-refractivity contribution in [1.82, 2.24) is 4.98 Å². The topological polar surface area (TPSA) is 58.9 Å². The van der Waals surface area contributed by atoms with Gasteiger partial charge in [0, 0.05) is 27.8 Å². The molecule has 0 aliphatic carbocycles. The maximum absolute atomic E-state index is 11.9. The van der Waals surface area contributed by atoms with Gasteiger partial charge in [0.05, 0.1) is 26.5 Å². The van der Waals surface area contributed by atoms with E-state index in [0.717, 1.165) is 38.5 Å². The molecule has 37 heavy (non-hydrogen) atoms. The van der Waals surface area contributed by atoms with E-state index in [2.05, 4.69) is 65.6 Å². The minimum atomic E-state index is -0.375. The molecule has 0 spiro atoms. The predicted molar refractivity (Wildman–Crippen MR) is 153 cm³/mol. The van der Waals surface area contributed by atoms with Gasteiger partial charge in [-0.2, -0.15) is 0 Å². The highest BCUT2D eigenvalue weighted by molar-refractivity contribution is 6.34. The molecule has 0 bridgehead atoms. The summed E-state index contributed by atoms with van der Waals surface area (Å²) in [6, 6.07) is 35.7. The van der Waals surface area contributed by atoms with Gasteiger partial charge in [-0.1, -0.05) is 109 Å². The lowest BCUT2D eigenvalue weighted by molar-refractivity contribution is -0.384. The maximum atomic E-state index is 11.9. The standard InChI is InChI=1S/C32H19ClN2O2/c33-27-17-8-18-28(35(36)37)30(27)23-13-5-2-11-21(23)24-15-7-16-26-29-22-12-4-1-9-19(22)20-10-3-6-14-25(20)32(29)34-31(24)26/h1-18,34H. The van der Waals surface area contributed by atoms with Gasteiger partial charge < -0.3 is 4.98 Å². The van der Waals surface area contributed by atoms with Crippen molar-refractivity contribution in [2.24, 2.45) is 0 Å². The summed E-state index contributed by atoms with van der Waals surface area (Å²) >= 11 is 6.57. The van der Waals surface area contributed by atoms with Crippen LogP contribution in [0.5, 0.6) is 0 Å². The Morgan fingerprint density at radius 3 is 1.89 bits per heavy atom. The summed E-state index contributed by atoms with van der Waals surface area (Å²) in [5, 5.41) is 19.3. The molecule has 1 heterocycles. The normalized spacial score (nSPS) is 11.6. The molecule has 7 aromatic rings. The number of nitro benzene ring substituents is 1. The van der Waals surface area contributed by atoms with E-state index >= 15 is 0 Å². The molecule has 1 aromatic heterocycles. The highest BCUT2D eigenvalue weighted by atomic mass is 35.5. The molecule has 0 radical (unpaired) electrons. The molecule has 0 saturated carbocycles. The lowest BCUT2D eigenvalue weighted by atomic mass is 9.92. The molecule has 7 rings (SSSR count). The van der Waals surface area contributed by atoms with Crippen LogP contribution in [0.1, 0.15) is 0 Å². The van der Waals surface area contributed by atoms with Crippen LogP contribution in [-0.4, -0.2) is 9.91 Å². The highest BCUT2D eigenvalue weighted by Crippen LogP contribution is 2.45. The maximum Gasteiger partial charge on any atom is 0.278 e. The SMILES string of the molecule is O=[N+]([O-])c1cccc(Cl)c1-c1ccccc1-c1cccc2c1[nH]c1c3ccccc3c3ccccc3c21. The molecule has 6 aromatic carbocycles. The van der Waals surface area contributed by atoms with E-state index in [-0.39, 0.29) is 10.6 Å². The Morgan fingerprint density at radius 2 is 1.14 bits per heavy atom. The average Bonchev–Trinajstić information content (AvgIpc) is 3.33. The Labute approximate surface area is 216 Å². The number of hydrogen-bond acceptors (Lipinski definition) is 2. The van der Waals surface area contributed by atoms with E-state index in [9.17, 15) is 10.1 Å². The molecule has 0 aliphatic heterocycles. The summed E-state index contributed by atoms with van der Waals surface area (Å²) in [5.41, 5.74) is 5.05. The van der Waals surface area contributed by atoms with Crippen molar-refractivity contribution in [1.29, 1.82) is 0 Å². The zero-order valence-electron chi connectivity index (χ0n) is 19.5. The van der Waals surface area contributed by atoms with Crippen LogP contribution < -0.4 is 0 Å². The van der Waals surface area contributed by atoms with Gasteiger partial charge in [-0.05, 0) is 33.4 Å². The molecule has 4 nitrogen and oxygen atoms in total. The van der Waals surface area contributed by atoms with E-state index in [1.54, 1.807) is 12.1 Å². The van der Waals surface area contributed by atoms with Crippen LogP contribution in [0.4, 0.5) is 5.69 Å². The summed E-state index contributed by atoms with van der Waals surface area (Å²) in [6.07, 6.45) is 0. The second-order valence-corrected chi connectivity index (χ2v) is 9.54. The molecule has 0 unspecified atom stereocenters. The Hall–Kier alpha value is -4.67. The van der Waals surface area contributed by atoms with Crippen molar-refractivity contribution < 1.29 is 4.92 Å². The third-order valence-electron chi connectivity index (χ3n) is 7.19. The summed E-state index contributed by atoms with van der Waals surface area (Å²) in [6.45, 7) is 0. The van der Waals surface area contributed by atoms with Gasteiger partial charge in [0.25, 0.3) is 5.69 Å². The number of aromatic nitrogens is 1. The summed E-state index contributed by atoms with van der Waals surface area (Å²) < 4.78 is 0. The van der Waals surface area contributed by atoms with Gasteiger partial charge in [-0.15, -0.1) is 0 Å². The van der Waals surface area contributed by atoms with E-state index in [1.807, 2.05) is 30.3 Å². The zero-order valence-corrected chi connectivity index (χ0v) is 20.3. The molecule has 0 amide bonds. The van der Waals surface area contributed by atoms with Gasteiger partial charge in [0.2, 0.25) is 0 Å². The fraction of sp³-hybridized carbons (Fsp3) is 0. The van der Waals surface area contributed by atoms with E-state index in [0.29, 0.717) is 10.6 Å². The number of fused-ring (bicyclic) bond motifs is 8. The average molecular weight is 499 g/mol. The van der Waals surface area contributed by atoms with Gasteiger partial charge in [-0.25, -0.2) is 0 Å². The molecule has 5 heteroatoms. The van der Waals surface area contributed by atoms with Crippen molar-refractivity contribution in [3.05, 3.63) is 124 Å². The number of halogens is 1. The predicted octanol–water partition coefficient (Wildman–Crippen LogP) is 9.52. The molecule has 0 saturated heterocycles. The lowest BCUT2D eigenvalue weighted by Crippen LogP contribution is -1.94. The number of para-hydroxylation sites is 1. The van der Waals surface area contributed by atoms with E-state index in [4.69, 9.17) is 11.6 Å². The number of rotatable bonds is 3. The lowest BCUT2D eigenvalue weighted by Gasteiger charge is -2.13. The van der Waals surface area contributed by atoms with Crippen molar-refractivity contribution in [3.63, 3.8) is 0 Å². The van der Waals surface area contributed by atoms with Crippen molar-refractivity contribution in [2.75, 3.05) is 0 Å². The smallest absolute Gasteiger partial charge is 0.278 e. The quantitative estimate of drug-likeness (QED) is 0.150. The van der Waals surface area contributed by atoms with Crippen LogP contribution >= 0.6 is 11.6 Å². The Morgan fingerprint density at radius 1 is 0.568 bits per heavy atom. The second-order valence-electron chi connectivity index (χ2n) is 9.13. The monoisotopic (exact) mass is 498 g/mol. The number of hydrogen-bond donors (Lipinski definition) is 1. The molecule has 0 atom stereocenters. The van der Waals surface area contributed by atoms with Crippen molar-refractivity contribution in [2.45, 2.75) is 0 Å². The molecule has 0 aliphatic rings. The number of nitro groups is 1. The molecule has 176 valence electrons. The van der Waals surface area contributed by atoms with Gasteiger partial charge in [-0.3, -0.25) is 10.1 Å². The Kier molecular flexibility index (Phi) is 4.78. The van der Waals surface area contributed by atoms with Crippen LogP contribution in [0.25, 0.3) is 65.6 Å². The number of nitrogens with one attached hydrogen (secondary N) is 1. The fourth-order valence-corrected chi connectivity index (χ4v) is 5.93. The van der Waals surface area contributed by atoms with Crippen LogP contribution in [0, 0.1) is 10.1 Å². The minimum absolute atomic E-state index is 0.0132. The van der Waals surface area contributed by atoms with E-state index < -0.39 is 0 Å². The van der Waals surface area contributed by atoms with Crippen LogP contribution in [0.2, 0.25) is 5.02 Å². The first-order chi connectivity index (χ1) is 18.1. The molecular weight excluding hydrogens is 480 g/mol. The van der Waals surface area contributed by atoms with Gasteiger partial charge in [0.15, 0.2) is 0 Å². The summed E-state index contributed by atoms with van der Waals surface area (Å²) in [4.78, 5) is 15.3. The number of H-pyrrole nitrogens is 1. The first-order valence-electron chi connectivity index (χ1n) is 12.0. The third kappa shape index (κ3) is 3.16. The van der Waals surface area contributed by atoms with Crippen LogP contribution in [0.15, 0.2) is 109 Å². The Bertz CT molecular complexity index is 2040. The number of aromatic amines is 1. The molecule has 0 fully saturated rings. The van der Waals surface area contributed by atoms with E-state index in [1.165, 1.54) is 27.6 Å². The fourth-order valence-electron chi connectivity index (χ4n) is 5.66. The third-order valence-corrected chi connectivity index (χ3v) is 7.51. The van der Waals surface area contributed by atoms with Crippen molar-refractivity contribution >= 4 is 60.6 Å². The first kappa shape index (κ1) is 21.6. The number of nitrogens with zero attached hydrogens (tertiary/aromatic N) is 1. The largest absolute Gasteiger partial charge is 0.353 e. The summed E-state index contributed by atoms with van der Waals surface area (Å²) in [7, 11) is 0. The summed E-state index contributed by atoms with van der Waals surface area (Å²) in [5.74, 6) is 0. The van der Waals surface area contributed by atoms with Gasteiger partial charge in [0.1, 0.15) is 0 Å². The highest BCUT2D eigenvalue weighted by Gasteiger charge is 2.23. The van der Waals surface area contributed by atoms with Crippen LogP contribution in [0.3, 0.4) is 0 Å². The molecular formula is C32H19ClN2O2. The second kappa shape index (κ2) is 8.19. The van der Waals surface area contributed by atoms with Crippen molar-refractivity contribution in [3.8, 4) is 22.3 Å². The minimum Gasteiger partial charge on any atom is -0.353 e. The molecule has 1 N–H and O–H groups in total. The first-order valence-corrected chi connectivity index (χ1v) is 12.4. The van der Waals surface area contributed by atoms with Crippen LogP contribution in [-0.2, 0) is 0 Å². The Balaban J connectivity index is 1.62.